The number of hydrogen-bond acceptors (Lipinski definition) is 7. The molecule has 4 rings (SSSR count). The fraction of sp³-hybridized carbons (Fsp3) is 0.391. The summed E-state index contributed by atoms with van der Waals surface area (Å²) in [4.78, 5) is 29.4. The summed E-state index contributed by atoms with van der Waals surface area (Å²) in [5.74, 6) is 0.351. The van der Waals surface area contributed by atoms with Crippen LogP contribution in [-0.4, -0.2) is 45.4 Å². The summed E-state index contributed by atoms with van der Waals surface area (Å²) in [5.41, 5.74) is 5.00. The first kappa shape index (κ1) is 21.4. The Bertz CT molecular complexity index is 1030. The van der Waals surface area contributed by atoms with Gasteiger partial charge in [-0.3, -0.25) is 19.7 Å². The minimum absolute atomic E-state index is 0.0281. The van der Waals surface area contributed by atoms with Crippen molar-refractivity contribution in [3.8, 4) is 0 Å². The molecular formula is C23H28N6OS. The average molecular weight is 437 g/mol. The first-order valence-electron chi connectivity index (χ1n) is 10.5. The predicted octanol–water partition coefficient (Wildman–Crippen LogP) is 3.71. The van der Waals surface area contributed by atoms with Gasteiger partial charge in [0.2, 0.25) is 5.91 Å². The third-order valence-electron chi connectivity index (χ3n) is 5.50. The van der Waals surface area contributed by atoms with Crippen LogP contribution in [0, 0.1) is 20.8 Å². The van der Waals surface area contributed by atoms with E-state index in [4.69, 9.17) is 4.98 Å². The number of amides is 1. The molecule has 7 nitrogen and oxygen atoms in total. The van der Waals surface area contributed by atoms with Crippen molar-refractivity contribution in [2.75, 3.05) is 25.0 Å². The highest BCUT2D eigenvalue weighted by atomic mass is 32.1. The maximum atomic E-state index is 12.3. The van der Waals surface area contributed by atoms with Crippen LogP contribution in [-0.2, 0) is 11.3 Å². The predicted molar refractivity (Wildman–Crippen MR) is 124 cm³/mol. The largest absolute Gasteiger partial charge is 0.349 e. The average Bonchev–Trinajstić information content (AvgIpc) is 3.33. The van der Waals surface area contributed by atoms with Crippen LogP contribution in [0.3, 0.4) is 0 Å². The standard InChI is InChI=1S/C23H28N6OS/c1-15-10-20(28-23-27-16(2)17(3)31-23)11-21(26-15)18-7-9-29(13-18)14-22(30)25-12-19-6-4-5-8-24-19/h4-6,8,10-11,18H,7,9,12-14H2,1-3H3,(H,25,30)(H,26,27,28)/t18-/m0/s1. The Labute approximate surface area is 187 Å². The lowest BCUT2D eigenvalue weighted by Crippen LogP contribution is -2.35. The maximum Gasteiger partial charge on any atom is 0.234 e. The highest BCUT2D eigenvalue weighted by molar-refractivity contribution is 7.15. The van der Waals surface area contributed by atoms with Gasteiger partial charge in [0, 0.05) is 40.6 Å². The maximum absolute atomic E-state index is 12.3. The van der Waals surface area contributed by atoms with Crippen molar-refractivity contribution < 1.29 is 4.79 Å². The minimum Gasteiger partial charge on any atom is -0.349 e. The van der Waals surface area contributed by atoms with Gasteiger partial charge in [-0.1, -0.05) is 6.07 Å². The summed E-state index contributed by atoms with van der Waals surface area (Å²) in [6.07, 6.45) is 2.74. The number of aryl methyl sites for hydroxylation is 3. The van der Waals surface area contributed by atoms with Gasteiger partial charge in [-0.2, -0.15) is 0 Å². The number of carbonyl (C=O) groups excluding carboxylic acids is 1. The first-order chi connectivity index (χ1) is 15.0. The summed E-state index contributed by atoms with van der Waals surface area (Å²) < 4.78 is 0. The van der Waals surface area contributed by atoms with E-state index in [0.29, 0.717) is 19.0 Å². The van der Waals surface area contributed by atoms with Gasteiger partial charge in [0.15, 0.2) is 5.13 Å². The Morgan fingerprint density at radius 1 is 1.23 bits per heavy atom. The monoisotopic (exact) mass is 436 g/mol. The highest BCUT2D eigenvalue weighted by Gasteiger charge is 2.26. The fourth-order valence-electron chi connectivity index (χ4n) is 3.79. The highest BCUT2D eigenvalue weighted by Crippen LogP contribution is 2.30. The number of anilines is 2. The number of thiazole rings is 1. The van der Waals surface area contributed by atoms with Crippen LogP contribution in [0.5, 0.6) is 0 Å². The van der Waals surface area contributed by atoms with Crippen molar-refractivity contribution >= 4 is 28.1 Å². The first-order valence-corrected chi connectivity index (χ1v) is 11.4. The second-order valence-electron chi connectivity index (χ2n) is 8.03. The second kappa shape index (κ2) is 9.53. The third-order valence-corrected chi connectivity index (χ3v) is 6.49. The molecule has 1 saturated heterocycles. The summed E-state index contributed by atoms with van der Waals surface area (Å²) in [6.45, 7) is 8.72. The van der Waals surface area contributed by atoms with E-state index in [-0.39, 0.29) is 5.91 Å². The summed E-state index contributed by atoms with van der Waals surface area (Å²) in [5, 5.41) is 7.29. The quantitative estimate of drug-likeness (QED) is 0.588. The lowest BCUT2D eigenvalue weighted by Gasteiger charge is -2.16. The number of hydrogen-bond donors (Lipinski definition) is 2. The van der Waals surface area contributed by atoms with Crippen molar-refractivity contribution in [1.29, 1.82) is 0 Å². The number of pyridine rings is 2. The Hall–Kier alpha value is -2.84. The van der Waals surface area contributed by atoms with Gasteiger partial charge in [0.25, 0.3) is 0 Å². The van der Waals surface area contributed by atoms with Gasteiger partial charge in [-0.05, 0) is 58.0 Å². The van der Waals surface area contributed by atoms with Gasteiger partial charge < -0.3 is 10.6 Å². The molecule has 8 heteroatoms. The van der Waals surface area contributed by atoms with Crippen molar-refractivity contribution in [3.63, 3.8) is 0 Å². The van der Waals surface area contributed by atoms with E-state index in [2.05, 4.69) is 38.5 Å². The van der Waals surface area contributed by atoms with Crippen LogP contribution in [0.25, 0.3) is 0 Å². The van der Waals surface area contributed by atoms with Crippen molar-refractivity contribution in [2.24, 2.45) is 0 Å². The molecule has 162 valence electrons. The number of nitrogens with zero attached hydrogens (tertiary/aromatic N) is 4. The molecule has 1 atom stereocenters. The Morgan fingerprint density at radius 2 is 2.10 bits per heavy atom. The van der Waals surface area contributed by atoms with Gasteiger partial charge >= 0.3 is 0 Å². The van der Waals surface area contributed by atoms with Crippen LogP contribution in [0.2, 0.25) is 0 Å². The molecule has 0 saturated carbocycles. The fourth-order valence-corrected chi connectivity index (χ4v) is 4.63. The van der Waals surface area contributed by atoms with Crippen LogP contribution >= 0.6 is 11.3 Å². The number of likely N-dealkylation sites (tertiary alicyclic amines) is 1. The molecule has 1 aliphatic rings. The number of carbonyl (C=O) groups is 1. The Balaban J connectivity index is 1.34. The smallest absolute Gasteiger partial charge is 0.234 e. The Kier molecular flexibility index (Phi) is 6.58. The number of rotatable bonds is 7. The van der Waals surface area contributed by atoms with Crippen LogP contribution in [0.15, 0.2) is 36.5 Å². The van der Waals surface area contributed by atoms with E-state index in [1.54, 1.807) is 17.5 Å². The normalized spacial score (nSPS) is 16.4. The molecule has 0 aromatic carbocycles. The van der Waals surface area contributed by atoms with Gasteiger partial charge in [-0.25, -0.2) is 4.98 Å². The summed E-state index contributed by atoms with van der Waals surface area (Å²) in [7, 11) is 0. The van der Waals surface area contributed by atoms with Gasteiger partial charge in [0.05, 0.1) is 24.5 Å². The lowest BCUT2D eigenvalue weighted by atomic mass is 10.0. The molecule has 3 aromatic heterocycles. The molecule has 1 aliphatic heterocycles. The van der Waals surface area contributed by atoms with E-state index in [1.165, 1.54) is 4.88 Å². The minimum atomic E-state index is 0.0281. The molecule has 1 amide bonds. The van der Waals surface area contributed by atoms with E-state index in [1.807, 2.05) is 38.1 Å². The molecule has 0 aliphatic carbocycles. The van der Waals surface area contributed by atoms with Gasteiger partial charge in [0.1, 0.15) is 0 Å². The third kappa shape index (κ3) is 5.65. The van der Waals surface area contributed by atoms with Crippen LogP contribution in [0.4, 0.5) is 10.8 Å². The van der Waals surface area contributed by atoms with Crippen molar-refractivity contribution in [2.45, 2.75) is 39.7 Å². The van der Waals surface area contributed by atoms with E-state index in [9.17, 15) is 4.79 Å². The lowest BCUT2D eigenvalue weighted by molar-refractivity contribution is -0.122. The van der Waals surface area contributed by atoms with Crippen LogP contribution < -0.4 is 10.6 Å². The molecule has 4 heterocycles. The Morgan fingerprint density at radius 3 is 2.84 bits per heavy atom. The van der Waals surface area contributed by atoms with E-state index in [0.717, 1.165) is 53.1 Å². The summed E-state index contributed by atoms with van der Waals surface area (Å²) >= 11 is 1.66. The molecule has 2 N–H and O–H groups in total. The second-order valence-corrected chi connectivity index (χ2v) is 9.23. The molecular weight excluding hydrogens is 408 g/mol. The van der Waals surface area contributed by atoms with Crippen LogP contribution in [0.1, 0.15) is 40.0 Å². The zero-order valence-electron chi connectivity index (χ0n) is 18.2. The molecule has 0 unspecified atom stereocenters. The van der Waals surface area contributed by atoms with E-state index < -0.39 is 0 Å². The van der Waals surface area contributed by atoms with Gasteiger partial charge in [-0.15, -0.1) is 11.3 Å². The van der Waals surface area contributed by atoms with Crippen molar-refractivity contribution in [3.05, 3.63) is 64.2 Å². The SMILES string of the molecule is Cc1cc(Nc2nc(C)c(C)s2)cc([C@H]2CCN(CC(=O)NCc3ccccn3)C2)n1. The molecule has 1 fully saturated rings. The zero-order valence-corrected chi connectivity index (χ0v) is 19.0. The molecule has 3 aromatic rings. The topological polar surface area (TPSA) is 83.0 Å². The summed E-state index contributed by atoms with van der Waals surface area (Å²) in [6, 6.07) is 9.88. The molecule has 0 spiro atoms. The molecule has 0 radical (unpaired) electrons. The molecule has 0 bridgehead atoms. The number of aromatic nitrogens is 3. The molecule has 31 heavy (non-hydrogen) atoms. The van der Waals surface area contributed by atoms with E-state index >= 15 is 0 Å². The zero-order chi connectivity index (χ0) is 21.8. The van der Waals surface area contributed by atoms with Crippen molar-refractivity contribution in [1.82, 2.24) is 25.2 Å². The number of nitrogens with one attached hydrogen (secondary N) is 2.